The van der Waals surface area contributed by atoms with Gasteiger partial charge in [-0.05, 0) is 38.5 Å². The fraction of sp³-hybridized carbons (Fsp3) is 0.846. The molecule has 0 radical (unpaired) electrons. The van der Waals surface area contributed by atoms with E-state index in [1.165, 1.54) is 7.11 Å². The van der Waals surface area contributed by atoms with Crippen LogP contribution in [0.5, 0.6) is 0 Å². The van der Waals surface area contributed by atoms with Gasteiger partial charge in [0, 0.05) is 6.54 Å². The molecule has 1 unspecified atom stereocenters. The molecule has 1 atom stereocenters. The summed E-state index contributed by atoms with van der Waals surface area (Å²) in [5, 5.41) is 2.71. The lowest BCUT2D eigenvalue weighted by Gasteiger charge is -2.37. The number of carbonyl (C=O) groups excluding carboxylic acids is 2. The molecule has 3 N–H and O–H groups in total. The van der Waals surface area contributed by atoms with Gasteiger partial charge in [-0.2, -0.15) is 0 Å². The molecule has 0 spiro atoms. The summed E-state index contributed by atoms with van der Waals surface area (Å²) in [6, 6.07) is -0.620. The Bertz CT molecular complexity index is 309. The first-order chi connectivity index (χ1) is 8.45. The van der Waals surface area contributed by atoms with Gasteiger partial charge in [-0.3, -0.25) is 4.79 Å². The second-order valence-electron chi connectivity index (χ2n) is 5.39. The zero-order chi connectivity index (χ0) is 13.8. The number of nitrogens with one attached hydrogen (secondary N) is 1. The molecule has 18 heavy (non-hydrogen) atoms. The Morgan fingerprint density at radius 1 is 1.44 bits per heavy atom. The standard InChI is InChI=1S/C13H24N2O3/c1-9-4-6-13(8-14,7-5-9)12(17)15-10(2)11(16)18-3/h9-10H,4-8,14H2,1-3H3,(H,15,17). The third kappa shape index (κ3) is 3.22. The van der Waals surface area contributed by atoms with Crippen molar-refractivity contribution in [1.82, 2.24) is 5.32 Å². The lowest BCUT2D eigenvalue weighted by atomic mass is 9.70. The molecule has 1 fully saturated rings. The van der Waals surface area contributed by atoms with Crippen molar-refractivity contribution in [2.75, 3.05) is 13.7 Å². The summed E-state index contributed by atoms with van der Waals surface area (Å²) in [6.45, 7) is 4.15. The molecular weight excluding hydrogens is 232 g/mol. The largest absolute Gasteiger partial charge is 0.467 e. The minimum absolute atomic E-state index is 0.116. The first kappa shape index (κ1) is 15.0. The fourth-order valence-corrected chi connectivity index (χ4v) is 2.42. The van der Waals surface area contributed by atoms with Gasteiger partial charge in [0.1, 0.15) is 6.04 Å². The molecule has 104 valence electrons. The number of rotatable bonds is 4. The first-order valence-corrected chi connectivity index (χ1v) is 6.54. The number of nitrogens with two attached hydrogens (primary N) is 1. The Morgan fingerprint density at radius 2 is 2.00 bits per heavy atom. The van der Waals surface area contributed by atoms with Crippen LogP contribution in [-0.2, 0) is 14.3 Å². The van der Waals surface area contributed by atoms with Crippen molar-refractivity contribution in [3.8, 4) is 0 Å². The molecular formula is C13H24N2O3. The van der Waals surface area contributed by atoms with Crippen LogP contribution in [0.3, 0.4) is 0 Å². The molecule has 1 saturated carbocycles. The van der Waals surface area contributed by atoms with E-state index < -0.39 is 17.4 Å². The molecule has 0 aliphatic heterocycles. The number of methoxy groups -OCH3 is 1. The van der Waals surface area contributed by atoms with E-state index in [4.69, 9.17) is 5.73 Å². The highest BCUT2D eigenvalue weighted by molar-refractivity contribution is 5.88. The normalized spacial score (nSPS) is 29.4. The number of hydrogen-bond acceptors (Lipinski definition) is 4. The van der Waals surface area contributed by atoms with Crippen molar-refractivity contribution < 1.29 is 14.3 Å². The van der Waals surface area contributed by atoms with Crippen LogP contribution in [0.4, 0.5) is 0 Å². The predicted molar refractivity (Wildman–Crippen MR) is 68.7 cm³/mol. The summed E-state index contributed by atoms with van der Waals surface area (Å²) in [5.74, 6) is 0.102. The van der Waals surface area contributed by atoms with Crippen molar-refractivity contribution in [2.24, 2.45) is 17.1 Å². The zero-order valence-corrected chi connectivity index (χ0v) is 11.5. The number of esters is 1. The maximum atomic E-state index is 12.3. The monoisotopic (exact) mass is 256 g/mol. The van der Waals surface area contributed by atoms with Crippen molar-refractivity contribution in [3.05, 3.63) is 0 Å². The van der Waals surface area contributed by atoms with Crippen LogP contribution in [0, 0.1) is 11.3 Å². The molecule has 0 heterocycles. The van der Waals surface area contributed by atoms with Gasteiger partial charge in [-0.25, -0.2) is 4.79 Å². The quantitative estimate of drug-likeness (QED) is 0.730. The Hall–Kier alpha value is -1.10. The molecule has 5 nitrogen and oxygen atoms in total. The van der Waals surface area contributed by atoms with Crippen LogP contribution in [0.15, 0.2) is 0 Å². The van der Waals surface area contributed by atoms with E-state index in [1.54, 1.807) is 6.92 Å². The van der Waals surface area contributed by atoms with E-state index >= 15 is 0 Å². The maximum Gasteiger partial charge on any atom is 0.328 e. The van der Waals surface area contributed by atoms with E-state index in [9.17, 15) is 9.59 Å². The zero-order valence-electron chi connectivity index (χ0n) is 11.5. The Kier molecular flexibility index (Phi) is 5.14. The highest BCUT2D eigenvalue weighted by Gasteiger charge is 2.40. The minimum atomic E-state index is -0.620. The van der Waals surface area contributed by atoms with Crippen LogP contribution in [0.2, 0.25) is 0 Å². The second-order valence-corrected chi connectivity index (χ2v) is 5.39. The van der Waals surface area contributed by atoms with E-state index in [2.05, 4.69) is 17.0 Å². The number of carbonyl (C=O) groups is 2. The summed E-state index contributed by atoms with van der Waals surface area (Å²) >= 11 is 0. The molecule has 1 amide bonds. The average Bonchev–Trinajstić information content (AvgIpc) is 2.38. The van der Waals surface area contributed by atoms with Gasteiger partial charge in [0.05, 0.1) is 12.5 Å². The van der Waals surface area contributed by atoms with Gasteiger partial charge in [-0.1, -0.05) is 6.92 Å². The lowest BCUT2D eigenvalue weighted by molar-refractivity contribution is -0.146. The fourth-order valence-electron chi connectivity index (χ4n) is 2.42. The summed E-state index contributed by atoms with van der Waals surface area (Å²) in [6.07, 6.45) is 3.61. The first-order valence-electron chi connectivity index (χ1n) is 6.54. The van der Waals surface area contributed by atoms with Gasteiger partial charge in [0.15, 0.2) is 0 Å². The maximum absolute atomic E-state index is 12.3. The van der Waals surface area contributed by atoms with E-state index in [0.29, 0.717) is 12.5 Å². The van der Waals surface area contributed by atoms with Crippen LogP contribution in [-0.4, -0.2) is 31.6 Å². The van der Waals surface area contributed by atoms with Gasteiger partial charge in [-0.15, -0.1) is 0 Å². The van der Waals surface area contributed by atoms with Crippen molar-refractivity contribution in [1.29, 1.82) is 0 Å². The van der Waals surface area contributed by atoms with Crippen LogP contribution in [0.1, 0.15) is 39.5 Å². The predicted octanol–water partition coefficient (Wildman–Crippen LogP) is 0.819. The molecule has 5 heteroatoms. The number of amides is 1. The molecule has 1 rings (SSSR count). The third-order valence-corrected chi connectivity index (χ3v) is 4.01. The lowest BCUT2D eigenvalue weighted by Crippen LogP contribution is -2.52. The van der Waals surface area contributed by atoms with Crippen molar-refractivity contribution in [2.45, 2.75) is 45.6 Å². The van der Waals surface area contributed by atoms with Crippen molar-refractivity contribution >= 4 is 11.9 Å². The van der Waals surface area contributed by atoms with Gasteiger partial charge >= 0.3 is 5.97 Å². The van der Waals surface area contributed by atoms with Crippen LogP contribution in [0.25, 0.3) is 0 Å². The third-order valence-electron chi connectivity index (χ3n) is 4.01. The molecule has 0 bridgehead atoms. The van der Waals surface area contributed by atoms with Gasteiger partial charge < -0.3 is 15.8 Å². The molecule has 0 aromatic heterocycles. The summed E-state index contributed by atoms with van der Waals surface area (Å²) in [4.78, 5) is 23.6. The topological polar surface area (TPSA) is 81.4 Å². The van der Waals surface area contributed by atoms with E-state index in [0.717, 1.165) is 25.7 Å². The van der Waals surface area contributed by atoms with Crippen LogP contribution < -0.4 is 11.1 Å². The molecule has 0 aromatic rings. The van der Waals surface area contributed by atoms with E-state index in [1.807, 2.05) is 0 Å². The molecule has 0 aromatic carbocycles. The number of ether oxygens (including phenoxy) is 1. The SMILES string of the molecule is COC(=O)C(C)NC(=O)C1(CN)CCC(C)CC1. The molecule has 0 saturated heterocycles. The summed E-state index contributed by atoms with van der Waals surface area (Å²) < 4.78 is 4.60. The Balaban J connectivity index is 2.65. The summed E-state index contributed by atoms with van der Waals surface area (Å²) in [5.41, 5.74) is 5.29. The molecule has 1 aliphatic carbocycles. The smallest absolute Gasteiger partial charge is 0.328 e. The Morgan fingerprint density at radius 3 is 2.44 bits per heavy atom. The second kappa shape index (κ2) is 6.18. The van der Waals surface area contributed by atoms with Gasteiger partial charge in [0.2, 0.25) is 5.91 Å². The minimum Gasteiger partial charge on any atom is -0.467 e. The summed E-state index contributed by atoms with van der Waals surface area (Å²) in [7, 11) is 1.31. The van der Waals surface area contributed by atoms with Gasteiger partial charge in [0.25, 0.3) is 0 Å². The number of hydrogen-bond donors (Lipinski definition) is 2. The van der Waals surface area contributed by atoms with Crippen molar-refractivity contribution in [3.63, 3.8) is 0 Å². The Labute approximate surface area is 108 Å². The average molecular weight is 256 g/mol. The highest BCUT2D eigenvalue weighted by atomic mass is 16.5. The van der Waals surface area contributed by atoms with Crippen LogP contribution >= 0.6 is 0 Å². The van der Waals surface area contributed by atoms with E-state index in [-0.39, 0.29) is 5.91 Å². The highest BCUT2D eigenvalue weighted by Crippen LogP contribution is 2.38. The molecule has 1 aliphatic rings.